The predicted octanol–water partition coefficient (Wildman–Crippen LogP) is 3.63. The fourth-order valence-electron chi connectivity index (χ4n) is 4.55. The number of fused-ring (bicyclic) bond motifs is 1. The van der Waals surface area contributed by atoms with E-state index in [1.165, 1.54) is 0 Å². The Morgan fingerprint density at radius 3 is 1.94 bits per heavy atom. The van der Waals surface area contributed by atoms with Crippen molar-refractivity contribution in [1.29, 1.82) is 0 Å². The zero-order valence-corrected chi connectivity index (χ0v) is 19.0. The molecule has 4 atom stereocenters. The lowest BCUT2D eigenvalue weighted by Crippen LogP contribution is -2.45. The predicted molar refractivity (Wildman–Crippen MR) is 124 cm³/mol. The van der Waals surface area contributed by atoms with Gasteiger partial charge in [-0.1, -0.05) is 78.9 Å². The number of ether oxygens (including phenoxy) is 2. The summed E-state index contributed by atoms with van der Waals surface area (Å²) in [5.41, 5.74) is 2.08. The van der Waals surface area contributed by atoms with Gasteiger partial charge in [0.05, 0.1) is 37.3 Å². The molecule has 0 saturated carbocycles. The number of hydrogen-bond donors (Lipinski definition) is 0. The van der Waals surface area contributed by atoms with Crippen LogP contribution in [0.25, 0.3) is 0 Å². The minimum atomic E-state index is -3.60. The molecule has 0 aliphatic carbocycles. The molecular formula is C26H27NO5S. The second-order valence-electron chi connectivity index (χ2n) is 8.38. The largest absolute Gasteiger partial charge is 0.369 e. The Bertz CT molecular complexity index is 1140. The van der Waals surface area contributed by atoms with Crippen molar-refractivity contribution in [1.82, 2.24) is 5.06 Å². The van der Waals surface area contributed by atoms with Gasteiger partial charge in [-0.05, 0) is 23.3 Å². The summed E-state index contributed by atoms with van der Waals surface area (Å²) in [7, 11) is -3.60. The Kier molecular flexibility index (Phi) is 6.57. The second-order valence-corrected chi connectivity index (χ2v) is 10.5. The monoisotopic (exact) mass is 465 g/mol. The molecule has 6 nitrogen and oxygen atoms in total. The fraction of sp³-hybridized carbons (Fsp3) is 0.308. The summed E-state index contributed by atoms with van der Waals surface area (Å²) in [5, 5.41) is 1.02. The minimum Gasteiger partial charge on any atom is -0.369 e. The molecule has 2 fully saturated rings. The lowest BCUT2D eigenvalue weighted by Gasteiger charge is -2.27. The van der Waals surface area contributed by atoms with Gasteiger partial charge in [-0.25, -0.2) is 8.42 Å². The van der Waals surface area contributed by atoms with E-state index in [9.17, 15) is 8.42 Å². The molecule has 0 unspecified atom stereocenters. The number of sulfone groups is 1. The van der Waals surface area contributed by atoms with E-state index in [1.54, 1.807) is 29.3 Å². The summed E-state index contributed by atoms with van der Waals surface area (Å²) in [6.07, 6.45) is -0.757. The van der Waals surface area contributed by atoms with Crippen molar-refractivity contribution >= 4 is 9.84 Å². The average molecular weight is 466 g/mol. The Balaban J connectivity index is 1.39. The Morgan fingerprint density at radius 2 is 1.33 bits per heavy atom. The summed E-state index contributed by atoms with van der Waals surface area (Å²) in [6.45, 7) is 1.36. The molecule has 3 aromatic rings. The first-order valence-electron chi connectivity index (χ1n) is 11.1. The highest BCUT2D eigenvalue weighted by Gasteiger charge is 2.56. The molecule has 2 saturated heterocycles. The van der Waals surface area contributed by atoms with Crippen molar-refractivity contribution in [3.63, 3.8) is 0 Å². The molecule has 7 heteroatoms. The van der Waals surface area contributed by atoms with Gasteiger partial charge in [0, 0.05) is 0 Å². The summed E-state index contributed by atoms with van der Waals surface area (Å²) < 4.78 is 39.6. The topological polar surface area (TPSA) is 65.1 Å². The smallest absolute Gasteiger partial charge is 0.185 e. The SMILES string of the molecule is O=S(=O)(c1ccccc1)[C@@H]1CON2C[C@H](OCc3ccccc3)[C@@H](OCc3ccccc3)[C@H]12. The molecule has 5 rings (SSSR count). The van der Waals surface area contributed by atoms with E-state index in [1.807, 2.05) is 66.7 Å². The summed E-state index contributed by atoms with van der Waals surface area (Å²) in [6, 6.07) is 27.9. The van der Waals surface area contributed by atoms with Gasteiger partial charge in [0.2, 0.25) is 0 Å². The first kappa shape index (κ1) is 22.3. The molecule has 0 bridgehead atoms. The lowest BCUT2D eigenvalue weighted by molar-refractivity contribution is -0.125. The molecule has 2 heterocycles. The molecule has 172 valence electrons. The van der Waals surface area contributed by atoms with Crippen molar-refractivity contribution in [2.75, 3.05) is 13.2 Å². The van der Waals surface area contributed by atoms with E-state index in [4.69, 9.17) is 14.3 Å². The maximum absolute atomic E-state index is 13.5. The average Bonchev–Trinajstić information content (AvgIpc) is 3.43. The van der Waals surface area contributed by atoms with Crippen molar-refractivity contribution in [3.05, 3.63) is 102 Å². The molecule has 2 aliphatic heterocycles. The molecule has 0 N–H and O–H groups in total. The van der Waals surface area contributed by atoms with Crippen LogP contribution in [-0.2, 0) is 37.4 Å². The quantitative estimate of drug-likeness (QED) is 0.506. The van der Waals surface area contributed by atoms with E-state index in [0.29, 0.717) is 24.7 Å². The van der Waals surface area contributed by atoms with E-state index in [0.717, 1.165) is 11.1 Å². The standard InChI is InChI=1S/C26H27NO5S/c28-33(29,22-14-8-3-9-15-22)24-19-32-27-16-23(30-17-20-10-4-1-5-11-20)26(25(24)27)31-18-21-12-6-2-7-13-21/h1-15,23-26H,16-19H2/t23-,24+,25-,26+/m0/s1. The van der Waals surface area contributed by atoms with Crippen LogP contribution >= 0.6 is 0 Å². The van der Waals surface area contributed by atoms with Crippen molar-refractivity contribution in [3.8, 4) is 0 Å². The Labute approximate surface area is 194 Å². The molecule has 2 aliphatic rings. The number of hydroxylamine groups is 2. The third-order valence-electron chi connectivity index (χ3n) is 6.24. The molecule has 0 spiro atoms. The van der Waals surface area contributed by atoms with Crippen LogP contribution in [0.4, 0.5) is 0 Å². The molecule has 0 aromatic heterocycles. The summed E-state index contributed by atoms with van der Waals surface area (Å²) >= 11 is 0. The summed E-state index contributed by atoms with van der Waals surface area (Å²) in [5.74, 6) is 0. The number of rotatable bonds is 8. The zero-order chi connectivity index (χ0) is 22.7. The van der Waals surface area contributed by atoms with Crippen LogP contribution in [0.1, 0.15) is 11.1 Å². The third kappa shape index (κ3) is 4.74. The normalized spacial score (nSPS) is 25.2. The molecule has 3 aromatic carbocycles. The van der Waals surface area contributed by atoms with Crippen LogP contribution in [0.5, 0.6) is 0 Å². The fourth-order valence-corrected chi connectivity index (χ4v) is 6.33. The van der Waals surface area contributed by atoms with Gasteiger partial charge in [0.25, 0.3) is 0 Å². The van der Waals surface area contributed by atoms with Gasteiger partial charge in [-0.15, -0.1) is 0 Å². The van der Waals surface area contributed by atoms with E-state index in [2.05, 4.69) is 0 Å². The van der Waals surface area contributed by atoms with Gasteiger partial charge in [-0.2, -0.15) is 5.06 Å². The van der Waals surface area contributed by atoms with Crippen LogP contribution < -0.4 is 0 Å². The maximum Gasteiger partial charge on any atom is 0.185 e. The first-order valence-corrected chi connectivity index (χ1v) is 12.7. The van der Waals surface area contributed by atoms with Crippen LogP contribution in [0, 0.1) is 0 Å². The highest BCUT2D eigenvalue weighted by atomic mass is 32.2. The highest BCUT2D eigenvalue weighted by Crippen LogP contribution is 2.37. The van der Waals surface area contributed by atoms with Crippen molar-refractivity contribution < 1.29 is 22.7 Å². The van der Waals surface area contributed by atoms with E-state index >= 15 is 0 Å². The van der Waals surface area contributed by atoms with Gasteiger partial charge in [0.1, 0.15) is 17.5 Å². The van der Waals surface area contributed by atoms with Crippen LogP contribution in [0.2, 0.25) is 0 Å². The van der Waals surface area contributed by atoms with Gasteiger partial charge >= 0.3 is 0 Å². The molecular weight excluding hydrogens is 438 g/mol. The van der Waals surface area contributed by atoms with Crippen molar-refractivity contribution in [2.45, 2.75) is 41.6 Å². The zero-order valence-electron chi connectivity index (χ0n) is 18.2. The van der Waals surface area contributed by atoms with Gasteiger partial charge < -0.3 is 9.47 Å². The Hall–Kier alpha value is -2.55. The van der Waals surface area contributed by atoms with Gasteiger partial charge in [0.15, 0.2) is 9.84 Å². The molecule has 33 heavy (non-hydrogen) atoms. The summed E-state index contributed by atoms with van der Waals surface area (Å²) in [4.78, 5) is 6.16. The molecule has 0 amide bonds. The van der Waals surface area contributed by atoms with Crippen LogP contribution in [0.3, 0.4) is 0 Å². The molecule has 0 radical (unpaired) electrons. The highest BCUT2D eigenvalue weighted by molar-refractivity contribution is 7.92. The maximum atomic E-state index is 13.5. The number of benzene rings is 3. The Morgan fingerprint density at radius 1 is 0.788 bits per heavy atom. The first-order chi connectivity index (χ1) is 16.1. The number of hydrogen-bond acceptors (Lipinski definition) is 6. The lowest BCUT2D eigenvalue weighted by atomic mass is 10.1. The van der Waals surface area contributed by atoms with Crippen LogP contribution in [-0.4, -0.2) is 50.1 Å². The van der Waals surface area contributed by atoms with E-state index in [-0.39, 0.29) is 12.7 Å². The minimum absolute atomic E-state index is 0.110. The van der Waals surface area contributed by atoms with Crippen LogP contribution in [0.15, 0.2) is 95.9 Å². The van der Waals surface area contributed by atoms with E-state index < -0.39 is 27.2 Å². The third-order valence-corrected chi connectivity index (χ3v) is 8.38. The van der Waals surface area contributed by atoms with Crippen molar-refractivity contribution in [2.24, 2.45) is 0 Å². The van der Waals surface area contributed by atoms with Gasteiger partial charge in [-0.3, -0.25) is 4.84 Å². The second kappa shape index (κ2) is 9.75. The number of nitrogens with zero attached hydrogens (tertiary/aromatic N) is 1.